The first-order valence-electron chi connectivity index (χ1n) is 9.49. The van der Waals surface area contributed by atoms with E-state index < -0.39 is 0 Å². The summed E-state index contributed by atoms with van der Waals surface area (Å²) >= 11 is 0. The van der Waals surface area contributed by atoms with Crippen LogP contribution in [0.4, 0.5) is 0 Å². The molecule has 2 aromatic rings. The SMILES string of the molecule is CNC(=O)CCc1ccc(CC2CCN(C(=O)c3cnccn3)CC2)cc1. The molecule has 0 aliphatic carbocycles. The summed E-state index contributed by atoms with van der Waals surface area (Å²) < 4.78 is 0. The highest BCUT2D eigenvalue weighted by molar-refractivity contribution is 5.92. The van der Waals surface area contributed by atoms with Crippen LogP contribution in [0, 0.1) is 5.92 Å². The molecule has 1 aliphatic heterocycles. The molecule has 1 saturated heterocycles. The Labute approximate surface area is 160 Å². The van der Waals surface area contributed by atoms with E-state index in [9.17, 15) is 9.59 Å². The van der Waals surface area contributed by atoms with Crippen LogP contribution in [0.2, 0.25) is 0 Å². The minimum Gasteiger partial charge on any atom is -0.359 e. The monoisotopic (exact) mass is 366 g/mol. The fourth-order valence-electron chi connectivity index (χ4n) is 3.47. The van der Waals surface area contributed by atoms with Gasteiger partial charge in [-0.1, -0.05) is 24.3 Å². The highest BCUT2D eigenvalue weighted by Gasteiger charge is 2.24. The van der Waals surface area contributed by atoms with Crippen molar-refractivity contribution >= 4 is 11.8 Å². The van der Waals surface area contributed by atoms with Crippen molar-refractivity contribution in [2.24, 2.45) is 5.92 Å². The number of piperidine rings is 1. The van der Waals surface area contributed by atoms with Gasteiger partial charge >= 0.3 is 0 Å². The summed E-state index contributed by atoms with van der Waals surface area (Å²) in [6.45, 7) is 1.54. The maximum Gasteiger partial charge on any atom is 0.274 e. The van der Waals surface area contributed by atoms with E-state index in [1.807, 2.05) is 4.90 Å². The largest absolute Gasteiger partial charge is 0.359 e. The lowest BCUT2D eigenvalue weighted by Gasteiger charge is -2.31. The zero-order valence-corrected chi connectivity index (χ0v) is 15.7. The Balaban J connectivity index is 1.46. The molecular weight excluding hydrogens is 340 g/mol. The van der Waals surface area contributed by atoms with E-state index in [4.69, 9.17) is 0 Å². The molecule has 2 heterocycles. The van der Waals surface area contributed by atoms with E-state index in [0.29, 0.717) is 18.0 Å². The van der Waals surface area contributed by atoms with E-state index in [2.05, 4.69) is 39.6 Å². The number of likely N-dealkylation sites (tertiary alicyclic amines) is 1. The molecule has 3 rings (SSSR count). The molecule has 0 unspecified atom stereocenters. The van der Waals surface area contributed by atoms with Crippen molar-refractivity contribution in [1.82, 2.24) is 20.2 Å². The number of carbonyl (C=O) groups is 2. The van der Waals surface area contributed by atoms with Gasteiger partial charge < -0.3 is 10.2 Å². The van der Waals surface area contributed by atoms with E-state index in [-0.39, 0.29) is 11.8 Å². The van der Waals surface area contributed by atoms with Gasteiger partial charge in [-0.25, -0.2) is 4.98 Å². The number of hydrogen-bond donors (Lipinski definition) is 1. The molecule has 6 nitrogen and oxygen atoms in total. The molecule has 0 spiro atoms. The molecular formula is C21H26N4O2. The number of aromatic nitrogens is 2. The van der Waals surface area contributed by atoms with Gasteiger partial charge in [0, 0.05) is 39.0 Å². The normalized spacial score (nSPS) is 14.8. The number of hydrogen-bond acceptors (Lipinski definition) is 4. The average Bonchev–Trinajstić information content (AvgIpc) is 2.73. The number of aryl methyl sites for hydroxylation is 1. The second kappa shape index (κ2) is 9.26. The second-order valence-corrected chi connectivity index (χ2v) is 7.02. The van der Waals surface area contributed by atoms with Crippen molar-refractivity contribution in [3.8, 4) is 0 Å². The lowest BCUT2D eigenvalue weighted by molar-refractivity contribution is -0.120. The minimum atomic E-state index is -0.0259. The molecule has 27 heavy (non-hydrogen) atoms. The van der Waals surface area contributed by atoms with Gasteiger partial charge in [0.1, 0.15) is 5.69 Å². The molecule has 0 radical (unpaired) electrons. The summed E-state index contributed by atoms with van der Waals surface area (Å²) in [4.78, 5) is 33.7. The quantitative estimate of drug-likeness (QED) is 0.851. The number of nitrogens with one attached hydrogen (secondary N) is 1. The molecule has 142 valence electrons. The van der Waals surface area contributed by atoms with Gasteiger partial charge in [0.2, 0.25) is 5.91 Å². The zero-order valence-electron chi connectivity index (χ0n) is 15.7. The van der Waals surface area contributed by atoms with Gasteiger partial charge in [-0.05, 0) is 42.7 Å². The summed E-state index contributed by atoms with van der Waals surface area (Å²) in [5.74, 6) is 0.636. The molecule has 1 N–H and O–H groups in total. The third-order valence-corrected chi connectivity index (χ3v) is 5.15. The Morgan fingerprint density at radius 1 is 1.11 bits per heavy atom. The van der Waals surface area contributed by atoms with Crippen LogP contribution in [-0.4, -0.2) is 46.8 Å². The summed E-state index contributed by atoms with van der Waals surface area (Å²) in [5, 5.41) is 2.65. The number of amides is 2. The Morgan fingerprint density at radius 3 is 2.44 bits per heavy atom. The van der Waals surface area contributed by atoms with Crippen molar-refractivity contribution in [3.63, 3.8) is 0 Å². The Kier molecular flexibility index (Phi) is 6.52. The molecule has 1 aromatic carbocycles. The number of nitrogens with zero attached hydrogens (tertiary/aromatic N) is 3. The third kappa shape index (κ3) is 5.36. The Bertz CT molecular complexity index is 754. The van der Waals surface area contributed by atoms with Crippen LogP contribution in [0.5, 0.6) is 0 Å². The smallest absolute Gasteiger partial charge is 0.274 e. The summed E-state index contributed by atoms with van der Waals surface area (Å²) in [7, 11) is 1.66. The van der Waals surface area contributed by atoms with Gasteiger partial charge in [0.15, 0.2) is 0 Å². The molecule has 6 heteroatoms. The molecule has 2 amide bonds. The highest BCUT2D eigenvalue weighted by Crippen LogP contribution is 2.23. The van der Waals surface area contributed by atoms with Gasteiger partial charge in [-0.3, -0.25) is 14.6 Å². The van der Waals surface area contributed by atoms with E-state index in [1.54, 1.807) is 19.4 Å². The van der Waals surface area contributed by atoms with E-state index in [0.717, 1.165) is 38.8 Å². The topological polar surface area (TPSA) is 75.2 Å². The van der Waals surface area contributed by atoms with Crippen LogP contribution in [-0.2, 0) is 17.6 Å². The van der Waals surface area contributed by atoms with Crippen LogP contribution >= 0.6 is 0 Å². The van der Waals surface area contributed by atoms with Crippen molar-refractivity contribution in [2.75, 3.05) is 20.1 Å². The molecule has 0 saturated carbocycles. The maximum atomic E-state index is 12.4. The molecule has 0 bridgehead atoms. The standard InChI is InChI=1S/C21H26N4O2/c1-22-20(26)7-6-16-2-4-17(5-3-16)14-18-8-12-25(13-9-18)21(27)19-15-23-10-11-24-19/h2-5,10-11,15,18H,6-9,12-14H2,1H3,(H,22,26). The van der Waals surface area contributed by atoms with Gasteiger partial charge in [0.05, 0.1) is 6.20 Å². The lowest BCUT2D eigenvalue weighted by Crippen LogP contribution is -2.39. The number of benzene rings is 1. The highest BCUT2D eigenvalue weighted by atomic mass is 16.2. The lowest BCUT2D eigenvalue weighted by atomic mass is 9.89. The van der Waals surface area contributed by atoms with Gasteiger partial charge in [0.25, 0.3) is 5.91 Å². The summed E-state index contributed by atoms with van der Waals surface area (Å²) in [6, 6.07) is 8.56. The molecule has 1 aliphatic rings. The fraction of sp³-hybridized carbons (Fsp3) is 0.429. The Morgan fingerprint density at radius 2 is 1.81 bits per heavy atom. The number of carbonyl (C=O) groups excluding carboxylic acids is 2. The van der Waals surface area contributed by atoms with Crippen LogP contribution < -0.4 is 5.32 Å². The average molecular weight is 366 g/mol. The van der Waals surface area contributed by atoms with Crippen LogP contribution in [0.25, 0.3) is 0 Å². The van der Waals surface area contributed by atoms with Crippen molar-refractivity contribution in [3.05, 3.63) is 59.7 Å². The van der Waals surface area contributed by atoms with Crippen LogP contribution in [0.15, 0.2) is 42.9 Å². The van der Waals surface area contributed by atoms with Crippen molar-refractivity contribution in [1.29, 1.82) is 0 Å². The van der Waals surface area contributed by atoms with E-state index >= 15 is 0 Å². The van der Waals surface area contributed by atoms with Crippen molar-refractivity contribution < 1.29 is 9.59 Å². The first kappa shape index (κ1) is 19.0. The summed E-state index contributed by atoms with van der Waals surface area (Å²) in [6.07, 6.45) is 8.99. The van der Waals surface area contributed by atoms with Crippen molar-refractivity contribution in [2.45, 2.75) is 32.1 Å². The predicted octanol–water partition coefficient (Wildman–Crippen LogP) is 2.25. The third-order valence-electron chi connectivity index (χ3n) is 5.15. The van der Waals surface area contributed by atoms with E-state index in [1.165, 1.54) is 17.3 Å². The zero-order chi connectivity index (χ0) is 19.1. The fourth-order valence-corrected chi connectivity index (χ4v) is 3.47. The predicted molar refractivity (Wildman–Crippen MR) is 103 cm³/mol. The maximum absolute atomic E-state index is 12.4. The van der Waals surface area contributed by atoms with Crippen LogP contribution in [0.3, 0.4) is 0 Å². The first-order chi connectivity index (χ1) is 13.2. The molecule has 1 aromatic heterocycles. The molecule has 1 fully saturated rings. The Hall–Kier alpha value is -2.76. The minimum absolute atomic E-state index is 0.0259. The van der Waals surface area contributed by atoms with Crippen LogP contribution in [0.1, 0.15) is 40.9 Å². The molecule has 0 atom stereocenters. The summed E-state index contributed by atoms with van der Waals surface area (Å²) in [5.41, 5.74) is 2.92. The van der Waals surface area contributed by atoms with Gasteiger partial charge in [-0.15, -0.1) is 0 Å². The van der Waals surface area contributed by atoms with Gasteiger partial charge in [-0.2, -0.15) is 0 Å². The number of rotatable bonds is 6. The first-order valence-corrected chi connectivity index (χ1v) is 9.49. The second-order valence-electron chi connectivity index (χ2n) is 7.02.